The number of benzene rings is 2. The molecule has 2 bridgehead atoms. The summed E-state index contributed by atoms with van der Waals surface area (Å²) in [7, 11) is -2.26. The molecule has 4 aromatic rings. The molecule has 0 N–H and O–H groups in total. The highest BCUT2D eigenvalue weighted by Crippen LogP contribution is 2.55. The Morgan fingerprint density at radius 3 is 2.45 bits per heavy atom. The molecular weight excluding hydrogens is 897 g/mol. The molecule has 7 atom stereocenters. The predicted molar refractivity (Wildman–Crippen MR) is 257 cm³/mol. The number of halogens is 3. The molecular formula is C51H64Cl2FN5O6Si. The number of carbonyl (C=O) groups is 2. The summed E-state index contributed by atoms with van der Waals surface area (Å²) in [6, 6.07) is 10.7. The average Bonchev–Trinajstić information content (AvgIpc) is 3.51. The van der Waals surface area contributed by atoms with Crippen LogP contribution in [0.1, 0.15) is 135 Å². The van der Waals surface area contributed by atoms with Gasteiger partial charge in [-0.2, -0.15) is 5.26 Å². The van der Waals surface area contributed by atoms with Crippen molar-refractivity contribution in [2.45, 2.75) is 167 Å². The Balaban J connectivity index is 1.32. The number of aromatic nitrogens is 2. The van der Waals surface area contributed by atoms with Crippen molar-refractivity contribution in [2.24, 2.45) is 11.8 Å². The summed E-state index contributed by atoms with van der Waals surface area (Å²) in [6.45, 7) is 20.3. The van der Waals surface area contributed by atoms with Gasteiger partial charge in [-0.05, 0) is 115 Å². The number of aryl methyl sites for hydroxylation is 1. The van der Waals surface area contributed by atoms with Crippen LogP contribution in [-0.4, -0.2) is 83.4 Å². The lowest BCUT2D eigenvalue weighted by molar-refractivity contribution is -0.186. The zero-order valence-electron chi connectivity index (χ0n) is 39.8. The second-order valence-corrected chi connectivity index (χ2v) is 27.4. The maximum atomic E-state index is 18.1. The minimum atomic E-state index is -2.26. The molecule has 66 heavy (non-hydrogen) atoms. The topological polar surface area (TPSA) is 119 Å². The summed E-state index contributed by atoms with van der Waals surface area (Å²) in [6.07, 6.45) is 4.47. The summed E-state index contributed by atoms with van der Waals surface area (Å²) in [5.41, 5.74) is 2.89. The Labute approximate surface area is 399 Å². The lowest BCUT2D eigenvalue weighted by Gasteiger charge is -2.40. The quantitative estimate of drug-likeness (QED) is 0.136. The van der Waals surface area contributed by atoms with Crippen molar-refractivity contribution in [2.75, 3.05) is 19.7 Å². The van der Waals surface area contributed by atoms with Crippen LogP contribution in [0.3, 0.4) is 0 Å². The van der Waals surface area contributed by atoms with E-state index >= 15 is 4.39 Å². The minimum Gasteiger partial charge on any atom is -0.444 e. The summed E-state index contributed by atoms with van der Waals surface area (Å²) >= 11 is 13.4. The van der Waals surface area contributed by atoms with Crippen LogP contribution < -0.4 is 0 Å². The van der Waals surface area contributed by atoms with Gasteiger partial charge in [0.15, 0.2) is 20.4 Å². The number of pyridine rings is 1. The van der Waals surface area contributed by atoms with Gasteiger partial charge in [0.05, 0.1) is 51.6 Å². The summed E-state index contributed by atoms with van der Waals surface area (Å²) in [5, 5.41) is 11.7. The molecule has 2 saturated carbocycles. The van der Waals surface area contributed by atoms with Gasteiger partial charge in [-0.1, -0.05) is 56.1 Å². The van der Waals surface area contributed by atoms with E-state index < -0.39 is 32.1 Å². The number of hydrogen-bond donors (Lipinski definition) is 0. The maximum absolute atomic E-state index is 18.1. The van der Waals surface area contributed by atoms with E-state index in [0.29, 0.717) is 48.3 Å². The Hall–Kier alpha value is -3.77. The van der Waals surface area contributed by atoms with E-state index in [0.717, 1.165) is 55.1 Å². The van der Waals surface area contributed by atoms with Crippen molar-refractivity contribution in [1.82, 2.24) is 19.4 Å². The van der Waals surface area contributed by atoms with Gasteiger partial charge < -0.3 is 33.0 Å². The largest absolute Gasteiger partial charge is 0.444 e. The molecule has 2 aromatic carbocycles. The lowest BCUT2D eigenvalue weighted by Crippen LogP contribution is -2.45. The first-order valence-electron chi connectivity index (χ1n) is 23.9. The van der Waals surface area contributed by atoms with Crippen LogP contribution in [0.5, 0.6) is 0 Å². The van der Waals surface area contributed by atoms with Crippen molar-refractivity contribution in [3.8, 4) is 17.2 Å². The van der Waals surface area contributed by atoms with Crippen LogP contribution in [0.2, 0.25) is 28.2 Å². The normalized spacial score (nSPS) is 25.1. The van der Waals surface area contributed by atoms with E-state index in [2.05, 4.69) is 55.5 Å². The third kappa shape index (κ3) is 8.66. The Morgan fingerprint density at radius 1 is 1.03 bits per heavy atom. The van der Waals surface area contributed by atoms with Gasteiger partial charge in [-0.15, -0.1) is 0 Å². The Kier molecular flexibility index (Phi) is 12.6. The average molecular weight is 961 g/mol. The zero-order chi connectivity index (χ0) is 47.2. The number of nitrogens with zero attached hydrogens (tertiary/aromatic N) is 5. The third-order valence-electron chi connectivity index (χ3n) is 15.0. The number of likely N-dealkylation sites (tertiary alicyclic amines) is 1. The van der Waals surface area contributed by atoms with Crippen molar-refractivity contribution in [1.29, 1.82) is 5.26 Å². The van der Waals surface area contributed by atoms with E-state index in [9.17, 15) is 14.9 Å². The Morgan fingerprint density at radius 2 is 1.79 bits per heavy atom. The molecule has 0 radical (unpaired) electrons. The highest BCUT2D eigenvalue weighted by molar-refractivity contribution is 6.74. The highest BCUT2D eigenvalue weighted by Gasteiger charge is 2.57. The minimum absolute atomic E-state index is 0.0324. The molecule has 6 aliphatic rings. The molecule has 354 valence electrons. The number of hydrogen-bond acceptors (Lipinski definition) is 8. The lowest BCUT2D eigenvalue weighted by atomic mass is 9.79. The zero-order valence-corrected chi connectivity index (χ0v) is 42.3. The second-order valence-electron chi connectivity index (χ2n) is 21.9. The van der Waals surface area contributed by atoms with Crippen molar-refractivity contribution in [3.05, 3.63) is 63.1 Å². The monoisotopic (exact) mass is 959 g/mol. The fraction of sp³-hybridized carbons (Fsp3) is 0.608. The van der Waals surface area contributed by atoms with E-state index in [1.807, 2.05) is 38.7 Å². The fourth-order valence-electron chi connectivity index (χ4n) is 10.6. The van der Waals surface area contributed by atoms with E-state index in [-0.39, 0.29) is 87.1 Å². The van der Waals surface area contributed by atoms with Crippen molar-refractivity contribution >= 4 is 65.3 Å². The SMILES string of the molecule is C[C@@H](OC1CCCCO1)c1nc2c(F)c(-c3cccc(Cl)c3Cl)c(CCC#N)cc2c2c1cc([C@H]1C[C@H](O[Si](C)(C)C(C)(C)C)CN1C(=O)C1CC1)n2[C@H]1[C@@H]2C[C@H]1N(C(=O)OC(C)(C)C)C2. The van der Waals surface area contributed by atoms with Gasteiger partial charge in [0.25, 0.3) is 0 Å². The third-order valence-corrected chi connectivity index (χ3v) is 20.4. The van der Waals surface area contributed by atoms with E-state index in [1.165, 1.54) is 0 Å². The molecule has 10 rings (SSSR count). The van der Waals surface area contributed by atoms with Crippen molar-refractivity contribution in [3.63, 3.8) is 0 Å². The van der Waals surface area contributed by atoms with Crippen LogP contribution in [-0.2, 0) is 29.9 Å². The van der Waals surface area contributed by atoms with Gasteiger partial charge in [0.2, 0.25) is 5.91 Å². The predicted octanol–water partition coefficient (Wildman–Crippen LogP) is 12.6. The Bertz CT molecular complexity index is 2610. The van der Waals surface area contributed by atoms with Crippen LogP contribution in [0.4, 0.5) is 9.18 Å². The molecule has 4 aliphatic heterocycles. The molecule has 6 fully saturated rings. The molecule has 2 amide bonds. The van der Waals surface area contributed by atoms with Crippen LogP contribution in [0.25, 0.3) is 32.9 Å². The number of ether oxygens (including phenoxy) is 3. The number of amides is 2. The van der Waals surface area contributed by atoms with Crippen molar-refractivity contribution < 1.29 is 32.6 Å². The number of carbonyl (C=O) groups excluding carboxylic acids is 2. The molecule has 11 nitrogen and oxygen atoms in total. The first-order chi connectivity index (χ1) is 31.2. The van der Waals surface area contributed by atoms with Crippen LogP contribution in [0.15, 0.2) is 30.3 Å². The maximum Gasteiger partial charge on any atom is 0.410 e. The molecule has 6 heterocycles. The van der Waals surface area contributed by atoms with Crippen LogP contribution >= 0.6 is 23.2 Å². The van der Waals surface area contributed by atoms with Gasteiger partial charge >= 0.3 is 6.09 Å². The molecule has 1 unspecified atom stereocenters. The van der Waals surface area contributed by atoms with E-state index in [4.69, 9.17) is 46.8 Å². The van der Waals surface area contributed by atoms with E-state index in [1.54, 1.807) is 18.2 Å². The van der Waals surface area contributed by atoms with Crippen LogP contribution in [0, 0.1) is 29.0 Å². The number of fused-ring (bicyclic) bond motifs is 4. The van der Waals surface area contributed by atoms with Gasteiger partial charge in [-0.25, -0.2) is 14.2 Å². The molecule has 4 saturated heterocycles. The molecule has 15 heteroatoms. The van der Waals surface area contributed by atoms with Gasteiger partial charge in [-0.3, -0.25) is 4.79 Å². The smallest absolute Gasteiger partial charge is 0.410 e. The first-order valence-corrected chi connectivity index (χ1v) is 27.6. The van der Waals surface area contributed by atoms with Gasteiger partial charge in [0.1, 0.15) is 17.2 Å². The number of nitriles is 1. The summed E-state index contributed by atoms with van der Waals surface area (Å²) in [4.78, 5) is 37.7. The van der Waals surface area contributed by atoms with Gasteiger partial charge in [0, 0.05) is 72.0 Å². The molecule has 0 spiro atoms. The fourth-order valence-corrected chi connectivity index (χ4v) is 12.4. The highest BCUT2D eigenvalue weighted by atomic mass is 35.5. The second kappa shape index (κ2) is 17.6. The standard InChI is InChI=1S/C51H64Cl2FN5O6Si/c1-28(63-40-17-10-11-21-62-40)44-35-25-38(37-24-32(65-66(8,9)51(5,6)7)27-57(37)48(60)29-18-19-29)59(46-31-23-39(46)58(26-31)49(61)64-50(2,3)4)47(35)34-22-30(14-13-20-55)41(43(54)45(34)56-44)33-15-12-16-36(52)42(33)53/h12,15-16,22,25,28-29,31-32,37,39-40,46H,10-11,13-14,17-19,21,23-24,26-27H2,1-9H3/t28-,31-,32+,37-,39-,40?,46+/m1/s1. The molecule has 2 aromatic heterocycles. The summed E-state index contributed by atoms with van der Waals surface area (Å²) < 4.78 is 46.4. The molecule has 2 aliphatic carbocycles. The summed E-state index contributed by atoms with van der Waals surface area (Å²) in [5.74, 6) is -0.416. The first kappa shape index (κ1) is 47.3. The number of rotatable bonds is 11.